The van der Waals surface area contributed by atoms with Gasteiger partial charge in [-0.15, -0.1) is 0 Å². The molecule has 89 valence electrons. The lowest BCUT2D eigenvalue weighted by molar-refractivity contribution is 0.731. The van der Waals surface area contributed by atoms with Gasteiger partial charge in [0.25, 0.3) is 0 Å². The zero-order chi connectivity index (χ0) is 12.1. The lowest BCUT2D eigenvalue weighted by Crippen LogP contribution is -2.23. The molecule has 0 bridgehead atoms. The van der Waals surface area contributed by atoms with Crippen molar-refractivity contribution in [3.63, 3.8) is 0 Å². The number of nitrogens with zero attached hydrogens (tertiary/aromatic N) is 2. The Kier molecular flexibility index (Phi) is 3.97. The van der Waals surface area contributed by atoms with Gasteiger partial charge in [0.1, 0.15) is 6.20 Å². The molecule has 0 N–H and O–H groups in total. The van der Waals surface area contributed by atoms with Crippen molar-refractivity contribution < 1.29 is 0 Å². The summed E-state index contributed by atoms with van der Waals surface area (Å²) in [4.78, 5) is 6.73. The first kappa shape index (κ1) is 11.9. The fourth-order valence-electron chi connectivity index (χ4n) is 1.97. The SMILES string of the molecule is CCCCN(CC)c1[c]nc2ccccc2c1. The van der Waals surface area contributed by atoms with Crippen LogP contribution in [0.4, 0.5) is 5.69 Å². The first-order valence-corrected chi connectivity index (χ1v) is 6.37. The van der Waals surface area contributed by atoms with Crippen molar-refractivity contribution in [1.82, 2.24) is 4.98 Å². The van der Waals surface area contributed by atoms with Crippen molar-refractivity contribution in [2.75, 3.05) is 18.0 Å². The maximum Gasteiger partial charge on any atom is 0.115 e. The van der Waals surface area contributed by atoms with E-state index in [0.717, 1.165) is 24.3 Å². The van der Waals surface area contributed by atoms with E-state index in [1.807, 2.05) is 12.1 Å². The van der Waals surface area contributed by atoms with E-state index in [1.165, 1.54) is 18.2 Å². The number of hydrogen-bond donors (Lipinski definition) is 0. The van der Waals surface area contributed by atoms with E-state index in [1.54, 1.807) is 0 Å². The van der Waals surface area contributed by atoms with Crippen molar-refractivity contribution in [2.24, 2.45) is 0 Å². The van der Waals surface area contributed by atoms with E-state index in [4.69, 9.17) is 0 Å². The van der Waals surface area contributed by atoms with Crippen LogP contribution in [0.15, 0.2) is 30.3 Å². The lowest BCUT2D eigenvalue weighted by atomic mass is 10.2. The average molecular weight is 227 g/mol. The number of pyridine rings is 1. The number of fused-ring (bicyclic) bond motifs is 1. The Morgan fingerprint density at radius 1 is 1.24 bits per heavy atom. The number of rotatable bonds is 5. The van der Waals surface area contributed by atoms with E-state index in [2.05, 4.69) is 48.1 Å². The van der Waals surface area contributed by atoms with Gasteiger partial charge in [-0.1, -0.05) is 31.5 Å². The Bertz CT molecular complexity index is 479. The summed E-state index contributed by atoms with van der Waals surface area (Å²) in [6.45, 7) is 6.49. The standard InChI is InChI=1S/C15H19N2/c1-3-5-10-17(4-2)14-11-13-8-6-7-9-15(13)16-12-14/h6-9,11H,3-5,10H2,1-2H3. The summed E-state index contributed by atoms with van der Waals surface area (Å²) >= 11 is 0. The van der Waals surface area contributed by atoms with Crippen molar-refractivity contribution in [3.05, 3.63) is 36.5 Å². The predicted octanol–water partition coefficient (Wildman–Crippen LogP) is 3.66. The first-order valence-electron chi connectivity index (χ1n) is 6.37. The van der Waals surface area contributed by atoms with E-state index in [-0.39, 0.29) is 0 Å². The molecule has 0 fully saturated rings. The molecule has 0 unspecified atom stereocenters. The molecule has 2 heteroatoms. The van der Waals surface area contributed by atoms with Crippen LogP contribution >= 0.6 is 0 Å². The quantitative estimate of drug-likeness (QED) is 0.775. The largest absolute Gasteiger partial charge is 0.370 e. The Morgan fingerprint density at radius 2 is 2.06 bits per heavy atom. The second-order valence-corrected chi connectivity index (χ2v) is 4.25. The van der Waals surface area contributed by atoms with Crippen LogP contribution in [0.5, 0.6) is 0 Å². The van der Waals surface area contributed by atoms with E-state index < -0.39 is 0 Å². The van der Waals surface area contributed by atoms with Crippen LogP contribution in [0.3, 0.4) is 0 Å². The van der Waals surface area contributed by atoms with Gasteiger partial charge in [-0.05, 0) is 25.5 Å². The van der Waals surface area contributed by atoms with Crippen LogP contribution < -0.4 is 4.90 Å². The van der Waals surface area contributed by atoms with Crippen molar-refractivity contribution in [3.8, 4) is 0 Å². The molecule has 2 nitrogen and oxygen atoms in total. The molecule has 0 atom stereocenters. The number of aromatic nitrogens is 1. The molecular weight excluding hydrogens is 208 g/mol. The number of unbranched alkanes of at least 4 members (excludes halogenated alkanes) is 1. The molecule has 0 aliphatic rings. The zero-order valence-electron chi connectivity index (χ0n) is 10.6. The Labute approximate surface area is 103 Å². The van der Waals surface area contributed by atoms with E-state index in [9.17, 15) is 0 Å². The van der Waals surface area contributed by atoms with Gasteiger partial charge in [-0.3, -0.25) is 0 Å². The van der Waals surface area contributed by atoms with Crippen LogP contribution in [-0.2, 0) is 0 Å². The molecule has 0 saturated carbocycles. The molecule has 1 aromatic heterocycles. The minimum absolute atomic E-state index is 1.01. The van der Waals surface area contributed by atoms with Crippen LogP contribution in [-0.4, -0.2) is 18.1 Å². The van der Waals surface area contributed by atoms with Crippen molar-refractivity contribution in [2.45, 2.75) is 26.7 Å². The smallest absolute Gasteiger partial charge is 0.115 e. The molecule has 17 heavy (non-hydrogen) atoms. The average Bonchev–Trinajstić information content (AvgIpc) is 2.39. The van der Waals surface area contributed by atoms with Gasteiger partial charge < -0.3 is 4.90 Å². The highest BCUT2D eigenvalue weighted by Gasteiger charge is 2.05. The second kappa shape index (κ2) is 5.67. The third kappa shape index (κ3) is 2.76. The van der Waals surface area contributed by atoms with Gasteiger partial charge in [-0.25, -0.2) is 4.98 Å². The van der Waals surface area contributed by atoms with Crippen LogP contribution in [0.25, 0.3) is 10.9 Å². The normalized spacial score (nSPS) is 10.7. The van der Waals surface area contributed by atoms with Crippen molar-refractivity contribution >= 4 is 16.6 Å². The number of benzene rings is 1. The van der Waals surface area contributed by atoms with Crippen LogP contribution in [0.2, 0.25) is 0 Å². The number of hydrogen-bond acceptors (Lipinski definition) is 2. The molecule has 0 amide bonds. The third-order valence-corrected chi connectivity index (χ3v) is 3.02. The molecule has 1 heterocycles. The minimum Gasteiger partial charge on any atom is -0.370 e. The Balaban J connectivity index is 2.27. The number of anilines is 1. The molecule has 0 aliphatic heterocycles. The van der Waals surface area contributed by atoms with Gasteiger partial charge in [0.2, 0.25) is 0 Å². The zero-order valence-corrected chi connectivity index (χ0v) is 10.6. The van der Waals surface area contributed by atoms with Gasteiger partial charge in [0.05, 0.1) is 11.2 Å². The van der Waals surface area contributed by atoms with E-state index >= 15 is 0 Å². The predicted molar refractivity (Wildman–Crippen MR) is 73.4 cm³/mol. The fourth-order valence-corrected chi connectivity index (χ4v) is 1.97. The monoisotopic (exact) mass is 227 g/mol. The molecule has 0 saturated heterocycles. The summed E-state index contributed by atoms with van der Waals surface area (Å²) in [6.07, 6.45) is 5.58. The molecule has 2 aromatic rings. The second-order valence-electron chi connectivity index (χ2n) is 4.25. The topological polar surface area (TPSA) is 16.1 Å². The summed E-state index contributed by atoms with van der Waals surface area (Å²) in [6, 6.07) is 10.4. The molecule has 1 radical (unpaired) electrons. The van der Waals surface area contributed by atoms with Crippen molar-refractivity contribution in [1.29, 1.82) is 0 Å². The maximum atomic E-state index is 4.39. The minimum atomic E-state index is 1.01. The highest BCUT2D eigenvalue weighted by atomic mass is 15.1. The third-order valence-electron chi connectivity index (χ3n) is 3.02. The lowest BCUT2D eigenvalue weighted by Gasteiger charge is -2.22. The Morgan fingerprint density at radius 3 is 2.82 bits per heavy atom. The van der Waals surface area contributed by atoms with Crippen LogP contribution in [0.1, 0.15) is 26.7 Å². The molecule has 0 aliphatic carbocycles. The fraction of sp³-hybridized carbons (Fsp3) is 0.400. The summed E-state index contributed by atoms with van der Waals surface area (Å²) in [5.41, 5.74) is 2.13. The molecule has 2 rings (SSSR count). The summed E-state index contributed by atoms with van der Waals surface area (Å²) in [7, 11) is 0. The molecule has 0 spiro atoms. The van der Waals surface area contributed by atoms with Gasteiger partial charge in [0, 0.05) is 18.5 Å². The summed E-state index contributed by atoms with van der Waals surface area (Å²) in [5, 5.41) is 1.19. The summed E-state index contributed by atoms with van der Waals surface area (Å²) in [5.74, 6) is 0. The van der Waals surface area contributed by atoms with Gasteiger partial charge in [0.15, 0.2) is 0 Å². The number of para-hydroxylation sites is 1. The first-order chi connectivity index (χ1) is 8.35. The maximum absolute atomic E-state index is 4.39. The van der Waals surface area contributed by atoms with Crippen LogP contribution in [0, 0.1) is 6.20 Å². The molecule has 1 aromatic carbocycles. The van der Waals surface area contributed by atoms with Gasteiger partial charge >= 0.3 is 0 Å². The van der Waals surface area contributed by atoms with E-state index in [0.29, 0.717) is 0 Å². The Hall–Kier alpha value is -1.57. The highest BCUT2D eigenvalue weighted by Crippen LogP contribution is 2.19. The highest BCUT2D eigenvalue weighted by molar-refractivity contribution is 5.81. The van der Waals surface area contributed by atoms with Gasteiger partial charge in [-0.2, -0.15) is 0 Å². The molecular formula is C15H19N2. The summed E-state index contributed by atoms with van der Waals surface area (Å²) < 4.78 is 0.